The molecule has 1 atom stereocenters. The lowest BCUT2D eigenvalue weighted by Gasteiger charge is -2.31. The van der Waals surface area contributed by atoms with E-state index in [4.69, 9.17) is 23.2 Å². The van der Waals surface area contributed by atoms with Crippen LogP contribution in [0.1, 0.15) is 45.1 Å². The fourth-order valence-electron chi connectivity index (χ4n) is 3.92. The largest absolute Gasteiger partial charge is 0.354 e. The van der Waals surface area contributed by atoms with Crippen LogP contribution < -0.4 is 9.62 Å². The number of carbonyl (C=O) groups is 2. The minimum atomic E-state index is -3.67. The lowest BCUT2D eigenvalue weighted by atomic mass is 10.1. The number of amides is 2. The normalized spacial score (nSPS) is 12.1. The maximum absolute atomic E-state index is 13.4. The predicted octanol–water partition coefficient (Wildman–Crippen LogP) is 4.92. The van der Waals surface area contributed by atoms with Crippen LogP contribution in [0.3, 0.4) is 0 Å². The standard InChI is InChI=1S/C26H35Cl2N3O4S/c1-4-16-29-26(33)23(5-2)30(18-15-20-10-7-6-8-11-20)25(32)12-9-17-31(36(3,34)35)24-19-21(27)13-14-22(24)28/h6-8,10-11,13-14,19,23H,4-5,9,12,15-18H2,1-3H3,(H,29,33). The minimum Gasteiger partial charge on any atom is -0.354 e. The molecule has 0 fully saturated rings. The number of carbonyl (C=O) groups excluding carboxylic acids is 2. The van der Waals surface area contributed by atoms with Crippen molar-refractivity contribution in [2.24, 2.45) is 0 Å². The van der Waals surface area contributed by atoms with Gasteiger partial charge in [-0.1, -0.05) is 67.4 Å². The van der Waals surface area contributed by atoms with Gasteiger partial charge in [0.1, 0.15) is 6.04 Å². The van der Waals surface area contributed by atoms with Gasteiger partial charge in [-0.2, -0.15) is 0 Å². The van der Waals surface area contributed by atoms with Crippen LogP contribution in [-0.4, -0.2) is 57.1 Å². The number of benzene rings is 2. The third-order valence-electron chi connectivity index (χ3n) is 5.75. The van der Waals surface area contributed by atoms with E-state index >= 15 is 0 Å². The van der Waals surface area contributed by atoms with Crippen molar-refractivity contribution >= 4 is 50.7 Å². The molecule has 0 spiro atoms. The molecule has 0 bridgehead atoms. The topological polar surface area (TPSA) is 86.8 Å². The minimum absolute atomic E-state index is 0.0516. The third-order valence-corrected chi connectivity index (χ3v) is 7.48. The van der Waals surface area contributed by atoms with Crippen LogP contribution in [0.2, 0.25) is 10.0 Å². The molecule has 1 N–H and O–H groups in total. The van der Waals surface area contributed by atoms with Crippen LogP contribution in [0.5, 0.6) is 0 Å². The Bertz CT molecular complexity index is 1110. The van der Waals surface area contributed by atoms with E-state index in [1.165, 1.54) is 12.1 Å². The molecule has 2 aromatic carbocycles. The highest BCUT2D eigenvalue weighted by atomic mass is 35.5. The number of sulfonamides is 1. The summed E-state index contributed by atoms with van der Waals surface area (Å²) >= 11 is 12.3. The lowest BCUT2D eigenvalue weighted by Crippen LogP contribution is -2.50. The number of rotatable bonds is 14. The van der Waals surface area contributed by atoms with Gasteiger partial charge in [0.25, 0.3) is 0 Å². The molecule has 0 saturated carbocycles. The molecule has 2 aromatic rings. The van der Waals surface area contributed by atoms with E-state index in [0.29, 0.717) is 31.0 Å². The number of nitrogens with one attached hydrogen (secondary N) is 1. The number of halogens is 2. The first-order valence-corrected chi connectivity index (χ1v) is 14.7. The second kappa shape index (κ2) is 14.4. The van der Waals surface area contributed by atoms with Crippen molar-refractivity contribution in [1.82, 2.24) is 10.2 Å². The van der Waals surface area contributed by atoms with Gasteiger partial charge in [0, 0.05) is 31.1 Å². The van der Waals surface area contributed by atoms with E-state index in [1.54, 1.807) is 11.0 Å². The average molecular weight is 557 g/mol. The summed E-state index contributed by atoms with van der Waals surface area (Å²) in [4.78, 5) is 27.8. The van der Waals surface area contributed by atoms with Crippen LogP contribution in [-0.2, 0) is 26.0 Å². The van der Waals surface area contributed by atoms with E-state index < -0.39 is 16.1 Å². The van der Waals surface area contributed by atoms with Gasteiger partial charge in [0.2, 0.25) is 21.8 Å². The second-order valence-corrected chi connectivity index (χ2v) is 11.3. The van der Waals surface area contributed by atoms with Crippen LogP contribution in [0.15, 0.2) is 48.5 Å². The highest BCUT2D eigenvalue weighted by Gasteiger charge is 2.28. The second-order valence-electron chi connectivity index (χ2n) is 8.57. The molecule has 2 amide bonds. The fraction of sp³-hybridized carbons (Fsp3) is 0.462. The van der Waals surface area contributed by atoms with Crippen molar-refractivity contribution in [2.45, 2.75) is 52.0 Å². The maximum Gasteiger partial charge on any atom is 0.242 e. The summed E-state index contributed by atoms with van der Waals surface area (Å²) in [6.45, 7) is 4.83. The van der Waals surface area contributed by atoms with Crippen molar-refractivity contribution in [2.75, 3.05) is 30.2 Å². The zero-order valence-corrected chi connectivity index (χ0v) is 23.4. The third kappa shape index (κ3) is 8.98. The summed E-state index contributed by atoms with van der Waals surface area (Å²) in [6, 6.07) is 13.8. The van der Waals surface area contributed by atoms with Crippen LogP contribution in [0.25, 0.3) is 0 Å². The molecule has 0 aliphatic heterocycles. The smallest absolute Gasteiger partial charge is 0.242 e. The Hall–Kier alpha value is -2.29. The van der Waals surface area contributed by atoms with Crippen LogP contribution in [0.4, 0.5) is 5.69 Å². The van der Waals surface area contributed by atoms with E-state index in [9.17, 15) is 18.0 Å². The van der Waals surface area contributed by atoms with Crippen molar-refractivity contribution in [3.05, 3.63) is 64.1 Å². The Morgan fingerprint density at radius 2 is 1.72 bits per heavy atom. The van der Waals surface area contributed by atoms with Gasteiger partial charge in [-0.15, -0.1) is 0 Å². The number of hydrogen-bond donors (Lipinski definition) is 1. The van der Waals surface area contributed by atoms with E-state index in [0.717, 1.165) is 22.5 Å². The average Bonchev–Trinajstić information content (AvgIpc) is 2.84. The molecule has 0 aliphatic carbocycles. The van der Waals surface area contributed by atoms with Crippen molar-refractivity contribution in [3.63, 3.8) is 0 Å². The molecule has 1 unspecified atom stereocenters. The quantitative estimate of drug-likeness (QED) is 0.358. The van der Waals surface area contributed by atoms with Gasteiger partial charge >= 0.3 is 0 Å². The molecule has 0 aromatic heterocycles. The lowest BCUT2D eigenvalue weighted by molar-refractivity contribution is -0.140. The van der Waals surface area contributed by atoms with Gasteiger partial charge in [0.15, 0.2) is 0 Å². The number of anilines is 1. The van der Waals surface area contributed by atoms with Gasteiger partial charge in [-0.25, -0.2) is 8.42 Å². The summed E-state index contributed by atoms with van der Waals surface area (Å²) in [5.74, 6) is -0.376. The molecular weight excluding hydrogens is 521 g/mol. The SMILES string of the molecule is CCCNC(=O)C(CC)N(CCc1ccccc1)C(=O)CCCN(c1cc(Cl)ccc1Cl)S(C)(=O)=O. The Balaban J connectivity index is 2.17. The monoisotopic (exact) mass is 555 g/mol. The summed E-state index contributed by atoms with van der Waals surface area (Å²) in [6.07, 6.45) is 3.30. The Morgan fingerprint density at radius 1 is 1.03 bits per heavy atom. The van der Waals surface area contributed by atoms with E-state index in [2.05, 4.69) is 5.32 Å². The first kappa shape index (κ1) is 29.9. The zero-order chi connectivity index (χ0) is 26.7. The first-order chi connectivity index (χ1) is 17.1. The summed E-state index contributed by atoms with van der Waals surface area (Å²) in [7, 11) is -3.67. The zero-order valence-electron chi connectivity index (χ0n) is 21.0. The van der Waals surface area contributed by atoms with Gasteiger partial charge in [-0.05, 0) is 49.4 Å². The van der Waals surface area contributed by atoms with Crippen LogP contribution >= 0.6 is 23.2 Å². The predicted molar refractivity (Wildman–Crippen MR) is 147 cm³/mol. The highest BCUT2D eigenvalue weighted by Crippen LogP contribution is 2.31. The fourth-order valence-corrected chi connectivity index (χ4v) is 5.33. The molecule has 0 radical (unpaired) electrons. The first-order valence-electron chi connectivity index (χ1n) is 12.1. The molecule has 2 rings (SSSR count). The molecule has 10 heteroatoms. The molecular formula is C26H35Cl2N3O4S. The maximum atomic E-state index is 13.4. The Labute approximate surface area is 224 Å². The Morgan fingerprint density at radius 3 is 2.33 bits per heavy atom. The molecule has 0 saturated heterocycles. The highest BCUT2D eigenvalue weighted by molar-refractivity contribution is 7.92. The van der Waals surface area contributed by atoms with E-state index in [1.807, 2.05) is 44.2 Å². The molecule has 7 nitrogen and oxygen atoms in total. The van der Waals surface area contributed by atoms with Gasteiger partial charge in [-0.3, -0.25) is 13.9 Å². The molecule has 0 aliphatic rings. The van der Waals surface area contributed by atoms with E-state index in [-0.39, 0.29) is 41.9 Å². The summed E-state index contributed by atoms with van der Waals surface area (Å²) < 4.78 is 26.1. The van der Waals surface area contributed by atoms with Gasteiger partial charge < -0.3 is 10.2 Å². The van der Waals surface area contributed by atoms with Crippen molar-refractivity contribution in [3.8, 4) is 0 Å². The number of nitrogens with zero attached hydrogens (tertiary/aromatic N) is 2. The number of hydrogen-bond acceptors (Lipinski definition) is 4. The summed E-state index contributed by atoms with van der Waals surface area (Å²) in [5.41, 5.74) is 1.34. The van der Waals surface area contributed by atoms with Crippen molar-refractivity contribution < 1.29 is 18.0 Å². The Kier molecular flexibility index (Phi) is 12.0. The van der Waals surface area contributed by atoms with Crippen LogP contribution in [0, 0.1) is 0 Å². The van der Waals surface area contributed by atoms with Gasteiger partial charge in [0.05, 0.1) is 17.0 Å². The molecule has 198 valence electrons. The molecule has 0 heterocycles. The summed E-state index contributed by atoms with van der Waals surface area (Å²) in [5, 5.41) is 3.50. The molecule has 36 heavy (non-hydrogen) atoms. The van der Waals surface area contributed by atoms with Crippen molar-refractivity contribution in [1.29, 1.82) is 0 Å².